The minimum atomic E-state index is 0.134. The minimum Gasteiger partial charge on any atom is -0.271 e. The van der Waals surface area contributed by atoms with Gasteiger partial charge in [0.1, 0.15) is 0 Å². The van der Waals surface area contributed by atoms with Crippen molar-refractivity contribution in [3.63, 3.8) is 0 Å². The molecule has 0 fully saturated rings. The van der Waals surface area contributed by atoms with Crippen LogP contribution in [0, 0.1) is 13.8 Å². The number of aryl methyl sites for hydroxylation is 2. The lowest BCUT2D eigenvalue weighted by atomic mass is 9.95. The monoisotopic (exact) mass is 318 g/mol. The summed E-state index contributed by atoms with van der Waals surface area (Å²) in [6, 6.07) is 15.0. The largest absolute Gasteiger partial charge is 0.271 e. The molecule has 0 amide bonds. The Bertz CT molecular complexity index is 566. The van der Waals surface area contributed by atoms with Gasteiger partial charge in [0.25, 0.3) is 0 Å². The summed E-state index contributed by atoms with van der Waals surface area (Å²) in [6.45, 7) is 4.22. The molecule has 1 unspecified atom stereocenters. The Morgan fingerprint density at radius 1 is 1.16 bits per heavy atom. The van der Waals surface area contributed by atoms with Crippen molar-refractivity contribution in [3.8, 4) is 0 Å². The van der Waals surface area contributed by atoms with Crippen LogP contribution in [0.2, 0.25) is 0 Å². The van der Waals surface area contributed by atoms with E-state index in [4.69, 9.17) is 5.84 Å². The second kappa shape index (κ2) is 6.33. The average Bonchev–Trinajstić information content (AvgIpc) is 2.37. The predicted octanol–water partition coefficient (Wildman–Crippen LogP) is 3.81. The number of rotatable bonds is 4. The van der Waals surface area contributed by atoms with E-state index in [1.54, 1.807) is 0 Å². The molecule has 2 aromatic carbocycles. The highest BCUT2D eigenvalue weighted by atomic mass is 79.9. The van der Waals surface area contributed by atoms with E-state index in [1.165, 1.54) is 22.3 Å². The molecular weight excluding hydrogens is 300 g/mol. The van der Waals surface area contributed by atoms with Crippen molar-refractivity contribution >= 4 is 15.9 Å². The maximum absolute atomic E-state index is 5.74. The topological polar surface area (TPSA) is 38.0 Å². The Balaban J connectivity index is 2.25. The van der Waals surface area contributed by atoms with Crippen molar-refractivity contribution in [2.75, 3.05) is 0 Å². The molecule has 0 spiro atoms. The first-order chi connectivity index (χ1) is 9.10. The summed E-state index contributed by atoms with van der Waals surface area (Å²) in [5, 5.41) is 0. The van der Waals surface area contributed by atoms with Crippen LogP contribution in [0.4, 0.5) is 0 Å². The summed E-state index contributed by atoms with van der Waals surface area (Å²) < 4.78 is 1.10. The van der Waals surface area contributed by atoms with Crippen molar-refractivity contribution in [2.45, 2.75) is 26.3 Å². The normalized spacial score (nSPS) is 12.4. The van der Waals surface area contributed by atoms with Crippen molar-refractivity contribution in [2.24, 2.45) is 5.84 Å². The third kappa shape index (κ3) is 3.66. The zero-order valence-electron chi connectivity index (χ0n) is 11.3. The molecule has 3 heteroatoms. The summed E-state index contributed by atoms with van der Waals surface area (Å²) in [6.07, 6.45) is 0.890. The first-order valence-corrected chi connectivity index (χ1v) is 7.17. The maximum Gasteiger partial charge on any atom is 0.0502 e. The summed E-state index contributed by atoms with van der Waals surface area (Å²) in [4.78, 5) is 0. The molecule has 2 rings (SSSR count). The highest BCUT2D eigenvalue weighted by molar-refractivity contribution is 9.10. The lowest BCUT2D eigenvalue weighted by Crippen LogP contribution is -2.30. The molecule has 3 N–H and O–H groups in total. The van der Waals surface area contributed by atoms with Gasteiger partial charge >= 0.3 is 0 Å². The molecule has 0 heterocycles. The average molecular weight is 319 g/mol. The van der Waals surface area contributed by atoms with E-state index in [9.17, 15) is 0 Å². The van der Waals surface area contributed by atoms with E-state index in [1.807, 2.05) is 0 Å². The fourth-order valence-electron chi connectivity index (χ4n) is 2.36. The first-order valence-electron chi connectivity index (χ1n) is 6.38. The molecule has 0 saturated heterocycles. The van der Waals surface area contributed by atoms with Gasteiger partial charge in [0, 0.05) is 4.47 Å². The number of hydrogen-bond acceptors (Lipinski definition) is 2. The Morgan fingerprint density at radius 2 is 1.95 bits per heavy atom. The molecule has 0 radical (unpaired) electrons. The summed E-state index contributed by atoms with van der Waals surface area (Å²) in [5.74, 6) is 5.74. The quantitative estimate of drug-likeness (QED) is 0.664. The van der Waals surface area contributed by atoms with Crippen molar-refractivity contribution in [3.05, 3.63) is 69.2 Å². The molecule has 0 aliphatic carbocycles. The SMILES string of the molecule is Cc1cccc(CC(NN)c2ccc(Br)cc2C)c1. The third-order valence-electron chi connectivity index (χ3n) is 3.33. The molecule has 2 aromatic rings. The van der Waals surface area contributed by atoms with E-state index >= 15 is 0 Å². The van der Waals surface area contributed by atoms with Crippen LogP contribution in [-0.4, -0.2) is 0 Å². The van der Waals surface area contributed by atoms with Gasteiger partial charge in [0.05, 0.1) is 6.04 Å². The summed E-state index contributed by atoms with van der Waals surface area (Å²) >= 11 is 3.49. The van der Waals surface area contributed by atoms with Gasteiger partial charge in [-0.3, -0.25) is 11.3 Å². The zero-order valence-corrected chi connectivity index (χ0v) is 12.9. The molecule has 19 heavy (non-hydrogen) atoms. The van der Waals surface area contributed by atoms with Gasteiger partial charge < -0.3 is 0 Å². The Kier molecular flexibility index (Phi) is 4.75. The van der Waals surface area contributed by atoms with Gasteiger partial charge in [-0.1, -0.05) is 51.8 Å². The summed E-state index contributed by atoms with van der Waals surface area (Å²) in [7, 11) is 0. The molecule has 0 aliphatic heterocycles. The van der Waals surface area contributed by atoms with Crippen molar-refractivity contribution in [1.82, 2.24) is 5.43 Å². The number of halogens is 1. The van der Waals surface area contributed by atoms with E-state index in [0.717, 1.165) is 10.9 Å². The zero-order chi connectivity index (χ0) is 13.8. The molecule has 100 valence electrons. The highest BCUT2D eigenvalue weighted by Gasteiger charge is 2.13. The van der Waals surface area contributed by atoms with Crippen molar-refractivity contribution < 1.29 is 0 Å². The molecule has 0 aliphatic rings. The molecule has 1 atom stereocenters. The number of nitrogens with one attached hydrogen (secondary N) is 1. The van der Waals surface area contributed by atoms with Gasteiger partial charge in [-0.2, -0.15) is 0 Å². The van der Waals surface area contributed by atoms with Crippen LogP contribution in [0.1, 0.15) is 28.3 Å². The molecular formula is C16H19BrN2. The molecule has 0 aromatic heterocycles. The van der Waals surface area contributed by atoms with Gasteiger partial charge in [0.2, 0.25) is 0 Å². The van der Waals surface area contributed by atoms with Crippen LogP contribution in [0.5, 0.6) is 0 Å². The number of benzene rings is 2. The van der Waals surface area contributed by atoms with Crippen LogP contribution in [0.15, 0.2) is 46.9 Å². The van der Waals surface area contributed by atoms with Gasteiger partial charge in [-0.25, -0.2) is 0 Å². The Labute approximate surface area is 123 Å². The molecule has 0 bridgehead atoms. The van der Waals surface area contributed by atoms with E-state index in [0.29, 0.717) is 0 Å². The second-order valence-electron chi connectivity index (χ2n) is 4.91. The van der Waals surface area contributed by atoms with Gasteiger partial charge in [-0.05, 0) is 49.1 Å². The molecule has 0 saturated carbocycles. The lowest BCUT2D eigenvalue weighted by Gasteiger charge is -2.19. The Hall–Kier alpha value is -1.16. The van der Waals surface area contributed by atoms with Crippen LogP contribution >= 0.6 is 15.9 Å². The van der Waals surface area contributed by atoms with Crippen LogP contribution < -0.4 is 11.3 Å². The molecule has 2 nitrogen and oxygen atoms in total. The second-order valence-corrected chi connectivity index (χ2v) is 5.83. The van der Waals surface area contributed by atoms with Crippen LogP contribution in [0.3, 0.4) is 0 Å². The minimum absolute atomic E-state index is 0.134. The maximum atomic E-state index is 5.74. The van der Waals surface area contributed by atoms with Crippen LogP contribution in [0.25, 0.3) is 0 Å². The summed E-state index contributed by atoms with van der Waals surface area (Å²) in [5.41, 5.74) is 7.99. The van der Waals surface area contributed by atoms with E-state index < -0.39 is 0 Å². The van der Waals surface area contributed by atoms with Gasteiger partial charge in [0.15, 0.2) is 0 Å². The first kappa shape index (κ1) is 14.3. The predicted molar refractivity (Wildman–Crippen MR) is 83.8 cm³/mol. The Morgan fingerprint density at radius 3 is 2.58 bits per heavy atom. The van der Waals surface area contributed by atoms with Crippen LogP contribution in [-0.2, 0) is 6.42 Å². The van der Waals surface area contributed by atoms with E-state index in [-0.39, 0.29) is 6.04 Å². The fraction of sp³-hybridized carbons (Fsp3) is 0.250. The smallest absolute Gasteiger partial charge is 0.0502 e. The standard InChI is InChI=1S/C16H19BrN2/c1-11-4-3-5-13(8-11)10-16(19-18)15-7-6-14(17)9-12(15)2/h3-9,16,19H,10,18H2,1-2H3. The van der Waals surface area contributed by atoms with E-state index in [2.05, 4.69) is 77.7 Å². The number of hydrogen-bond donors (Lipinski definition) is 2. The number of hydrazine groups is 1. The third-order valence-corrected chi connectivity index (χ3v) is 3.82. The van der Waals surface area contributed by atoms with Crippen molar-refractivity contribution in [1.29, 1.82) is 0 Å². The lowest BCUT2D eigenvalue weighted by molar-refractivity contribution is 0.549. The fourth-order valence-corrected chi connectivity index (χ4v) is 2.84. The number of nitrogens with two attached hydrogens (primary N) is 1. The highest BCUT2D eigenvalue weighted by Crippen LogP contribution is 2.24. The van der Waals surface area contributed by atoms with Gasteiger partial charge in [-0.15, -0.1) is 0 Å².